The van der Waals surface area contributed by atoms with Crippen LogP contribution in [0.2, 0.25) is 0 Å². The van der Waals surface area contributed by atoms with Crippen LogP contribution in [0.4, 0.5) is 4.79 Å². The van der Waals surface area contributed by atoms with E-state index >= 15 is 0 Å². The molecule has 1 amide bonds. The minimum absolute atomic E-state index is 0.162. The van der Waals surface area contributed by atoms with E-state index in [2.05, 4.69) is 52.9 Å². The van der Waals surface area contributed by atoms with Gasteiger partial charge >= 0.3 is 6.09 Å². The van der Waals surface area contributed by atoms with Crippen molar-refractivity contribution >= 4 is 18.0 Å². The van der Waals surface area contributed by atoms with Gasteiger partial charge in [-0.25, -0.2) is 9.10 Å². The zero-order chi connectivity index (χ0) is 22.0. The van der Waals surface area contributed by atoms with Crippen LogP contribution < -0.4 is 10.1 Å². The van der Waals surface area contributed by atoms with Crippen molar-refractivity contribution in [3.63, 3.8) is 0 Å². The summed E-state index contributed by atoms with van der Waals surface area (Å²) in [6, 6.07) is 18.6. The monoisotopic (exact) mass is 430 g/mol. The number of hydrogen-bond donors (Lipinski definition) is 1. The first kappa shape index (κ1) is 24.1. The minimum Gasteiger partial charge on any atom is -0.497 e. The number of alkyl carbamates (subject to hydrolysis) is 1. The fourth-order valence-electron chi connectivity index (χ4n) is 2.97. The molecule has 30 heavy (non-hydrogen) atoms. The van der Waals surface area contributed by atoms with Gasteiger partial charge in [0.05, 0.1) is 7.11 Å². The topological polar surface area (TPSA) is 50.8 Å². The number of benzene rings is 2. The maximum absolute atomic E-state index is 12.2. The number of rotatable bonds is 10. The fourth-order valence-corrected chi connectivity index (χ4v) is 4.04. The third-order valence-corrected chi connectivity index (χ3v) is 5.52. The van der Waals surface area contributed by atoms with Crippen LogP contribution in [0.3, 0.4) is 0 Å². The molecular formula is C24H34N2O3S. The van der Waals surface area contributed by atoms with Gasteiger partial charge < -0.3 is 14.8 Å². The zero-order valence-corrected chi connectivity index (χ0v) is 19.5. The Morgan fingerprint density at radius 2 is 1.77 bits per heavy atom. The van der Waals surface area contributed by atoms with Gasteiger partial charge in [-0.1, -0.05) is 43.7 Å². The van der Waals surface area contributed by atoms with Crippen molar-refractivity contribution in [2.24, 2.45) is 0 Å². The van der Waals surface area contributed by atoms with Crippen LogP contribution in [-0.4, -0.2) is 35.7 Å². The molecule has 0 bridgehead atoms. The molecule has 0 saturated heterocycles. The number of amides is 1. The number of ether oxygens (including phenoxy) is 2. The Balaban J connectivity index is 2.15. The number of hydrogen-bond acceptors (Lipinski definition) is 5. The van der Waals surface area contributed by atoms with Gasteiger partial charge in [0.15, 0.2) is 0 Å². The molecule has 0 aliphatic carbocycles. The lowest BCUT2D eigenvalue weighted by atomic mass is 10.1. The molecule has 1 N–H and O–H groups in total. The van der Waals surface area contributed by atoms with Crippen molar-refractivity contribution in [1.82, 2.24) is 9.62 Å². The molecule has 1 atom stereocenters. The second kappa shape index (κ2) is 11.9. The van der Waals surface area contributed by atoms with Crippen molar-refractivity contribution in [2.75, 3.05) is 13.7 Å². The van der Waals surface area contributed by atoms with E-state index in [0.29, 0.717) is 6.54 Å². The average Bonchev–Trinajstić information content (AvgIpc) is 2.70. The highest BCUT2D eigenvalue weighted by Gasteiger charge is 2.22. The number of carbonyl (C=O) groups is 1. The molecule has 0 aliphatic heterocycles. The number of nitrogens with one attached hydrogen (secondary N) is 1. The first-order valence-corrected chi connectivity index (χ1v) is 11.2. The minimum atomic E-state index is -0.508. The van der Waals surface area contributed by atoms with E-state index in [1.54, 1.807) is 19.1 Å². The lowest BCUT2D eigenvalue weighted by Crippen LogP contribution is -2.42. The highest BCUT2D eigenvalue weighted by atomic mass is 32.2. The molecule has 2 aromatic rings. The molecule has 5 nitrogen and oxygen atoms in total. The summed E-state index contributed by atoms with van der Waals surface area (Å²) in [6.45, 7) is 9.09. The Morgan fingerprint density at radius 3 is 2.33 bits per heavy atom. The predicted octanol–water partition coefficient (Wildman–Crippen LogP) is 5.90. The highest BCUT2D eigenvalue weighted by Crippen LogP contribution is 2.30. The van der Waals surface area contributed by atoms with E-state index in [-0.39, 0.29) is 12.1 Å². The molecule has 0 heterocycles. The Bertz CT molecular complexity index is 760. The Hall–Kier alpha value is -2.18. The SMILES string of the molecule is CCCC(CNC(=O)OC(C)(C)C)N(Cc1ccccc1)Sc1ccc(OC)cc1. The van der Waals surface area contributed by atoms with Crippen LogP contribution in [0, 0.1) is 0 Å². The fraction of sp³-hybridized carbons (Fsp3) is 0.458. The van der Waals surface area contributed by atoms with Gasteiger partial charge in [-0.05, 0) is 69.0 Å². The first-order valence-electron chi connectivity index (χ1n) is 10.4. The third-order valence-electron chi connectivity index (χ3n) is 4.37. The van der Waals surface area contributed by atoms with Gasteiger partial charge in [-0.2, -0.15) is 0 Å². The normalized spacial score (nSPS) is 12.5. The molecule has 0 radical (unpaired) electrons. The molecular weight excluding hydrogens is 396 g/mol. The van der Waals surface area contributed by atoms with Crippen molar-refractivity contribution in [3.05, 3.63) is 60.2 Å². The molecule has 2 aromatic carbocycles. The van der Waals surface area contributed by atoms with Crippen molar-refractivity contribution in [1.29, 1.82) is 0 Å². The summed E-state index contributed by atoms with van der Waals surface area (Å²) in [5.74, 6) is 0.839. The van der Waals surface area contributed by atoms with Gasteiger partial charge in [0.1, 0.15) is 11.4 Å². The molecule has 0 aliphatic rings. The maximum Gasteiger partial charge on any atom is 0.407 e. The largest absolute Gasteiger partial charge is 0.497 e. The highest BCUT2D eigenvalue weighted by molar-refractivity contribution is 7.97. The van der Waals surface area contributed by atoms with E-state index in [0.717, 1.165) is 30.0 Å². The van der Waals surface area contributed by atoms with Crippen molar-refractivity contribution in [2.45, 2.75) is 63.6 Å². The second-order valence-electron chi connectivity index (χ2n) is 8.15. The summed E-state index contributed by atoms with van der Waals surface area (Å²) in [5.41, 5.74) is 0.725. The second-order valence-corrected chi connectivity index (χ2v) is 9.28. The zero-order valence-electron chi connectivity index (χ0n) is 18.7. The van der Waals surface area contributed by atoms with Crippen LogP contribution in [0.1, 0.15) is 46.1 Å². The molecule has 1 unspecified atom stereocenters. The van der Waals surface area contributed by atoms with E-state index in [4.69, 9.17) is 9.47 Å². The summed E-state index contributed by atoms with van der Waals surface area (Å²) in [5, 5.41) is 2.96. The van der Waals surface area contributed by atoms with E-state index in [1.165, 1.54) is 5.56 Å². The Morgan fingerprint density at radius 1 is 1.10 bits per heavy atom. The van der Waals surface area contributed by atoms with Crippen molar-refractivity contribution < 1.29 is 14.3 Å². The van der Waals surface area contributed by atoms with Gasteiger partial charge in [-0.3, -0.25) is 0 Å². The molecule has 6 heteroatoms. The standard InChI is InChI=1S/C24H34N2O3S/c1-6-10-20(17-25-23(27)29-24(2,3)4)26(18-19-11-8-7-9-12-19)30-22-15-13-21(28-5)14-16-22/h7-9,11-16,20H,6,10,17-18H2,1-5H3,(H,25,27). The molecule has 0 spiro atoms. The first-order chi connectivity index (χ1) is 14.3. The molecule has 164 valence electrons. The summed E-state index contributed by atoms with van der Waals surface area (Å²) in [7, 11) is 1.67. The van der Waals surface area contributed by atoms with Gasteiger partial charge in [0.25, 0.3) is 0 Å². The molecule has 2 rings (SSSR count). The maximum atomic E-state index is 12.2. The summed E-state index contributed by atoms with van der Waals surface area (Å²) >= 11 is 1.70. The lowest BCUT2D eigenvalue weighted by Gasteiger charge is -2.31. The van der Waals surface area contributed by atoms with Crippen LogP contribution in [0.15, 0.2) is 59.5 Å². The number of carbonyl (C=O) groups excluding carboxylic acids is 1. The van der Waals surface area contributed by atoms with Gasteiger partial charge in [0, 0.05) is 24.0 Å². The van der Waals surface area contributed by atoms with E-state index in [1.807, 2.05) is 39.0 Å². The summed E-state index contributed by atoms with van der Waals surface area (Å²) in [4.78, 5) is 13.3. The lowest BCUT2D eigenvalue weighted by molar-refractivity contribution is 0.0516. The number of methoxy groups -OCH3 is 1. The molecule has 0 aromatic heterocycles. The average molecular weight is 431 g/mol. The Labute approximate surface area is 185 Å². The summed E-state index contributed by atoms with van der Waals surface area (Å²) in [6.07, 6.45) is 1.61. The van der Waals surface area contributed by atoms with E-state index < -0.39 is 5.60 Å². The Kier molecular flexibility index (Phi) is 9.53. The van der Waals surface area contributed by atoms with Crippen LogP contribution in [0.25, 0.3) is 0 Å². The van der Waals surface area contributed by atoms with Gasteiger partial charge in [0.2, 0.25) is 0 Å². The van der Waals surface area contributed by atoms with Crippen LogP contribution >= 0.6 is 11.9 Å². The number of nitrogens with zero attached hydrogens (tertiary/aromatic N) is 1. The molecule has 0 saturated carbocycles. The third kappa shape index (κ3) is 8.67. The van der Waals surface area contributed by atoms with Crippen molar-refractivity contribution in [3.8, 4) is 5.75 Å². The summed E-state index contributed by atoms with van der Waals surface area (Å²) < 4.78 is 13.0. The molecule has 0 fully saturated rings. The smallest absolute Gasteiger partial charge is 0.407 e. The van der Waals surface area contributed by atoms with Crippen LogP contribution in [0.5, 0.6) is 5.75 Å². The van der Waals surface area contributed by atoms with E-state index in [9.17, 15) is 4.79 Å². The van der Waals surface area contributed by atoms with Gasteiger partial charge in [-0.15, -0.1) is 0 Å². The van der Waals surface area contributed by atoms with Crippen LogP contribution in [-0.2, 0) is 11.3 Å². The quantitative estimate of drug-likeness (QED) is 0.476. The predicted molar refractivity (Wildman–Crippen MR) is 124 cm³/mol.